The first-order chi connectivity index (χ1) is 7.63. The largest absolute Gasteiger partial charge is 0.373 e. The van der Waals surface area contributed by atoms with E-state index in [4.69, 9.17) is 0 Å². The molecular weight excluding hydrogens is 202 g/mol. The zero-order valence-corrected chi connectivity index (χ0v) is 9.71. The first kappa shape index (κ1) is 10.9. The van der Waals surface area contributed by atoms with Crippen LogP contribution < -0.4 is 10.6 Å². The summed E-state index contributed by atoms with van der Waals surface area (Å²) in [5.74, 6) is 0.692. The van der Waals surface area contributed by atoms with Crippen LogP contribution in [0.2, 0.25) is 0 Å². The summed E-state index contributed by atoms with van der Waals surface area (Å²) in [6.45, 7) is 2.96. The number of hydrogen-bond donors (Lipinski definition) is 2. The molecule has 0 saturated heterocycles. The van der Waals surface area contributed by atoms with Crippen LogP contribution >= 0.6 is 0 Å². The van der Waals surface area contributed by atoms with Crippen LogP contribution in [0.5, 0.6) is 0 Å². The summed E-state index contributed by atoms with van der Waals surface area (Å²) in [7, 11) is 1.79. The van der Waals surface area contributed by atoms with Gasteiger partial charge < -0.3 is 10.6 Å². The Hall–Kier alpha value is -1.58. The first-order valence-electron chi connectivity index (χ1n) is 5.55. The van der Waals surface area contributed by atoms with Gasteiger partial charge in [0.15, 0.2) is 0 Å². The molecule has 4 nitrogen and oxygen atoms in total. The quantitative estimate of drug-likeness (QED) is 0.809. The molecule has 1 saturated carbocycles. The molecule has 1 heterocycles. The third-order valence-corrected chi connectivity index (χ3v) is 3.06. The standard InChI is InChI=1S/C12H17N3O/c1-12(4-5-12)8-15-11(16)9-3-6-14-10(7-9)13-2/h3,6-7H,4-5,8H2,1-2H3,(H,13,14)(H,15,16). The van der Waals surface area contributed by atoms with Crippen LogP contribution in [0.3, 0.4) is 0 Å². The lowest BCUT2D eigenvalue weighted by atomic mass is 10.1. The highest BCUT2D eigenvalue weighted by Crippen LogP contribution is 2.44. The van der Waals surface area contributed by atoms with Crippen molar-refractivity contribution in [3.05, 3.63) is 23.9 Å². The van der Waals surface area contributed by atoms with Gasteiger partial charge >= 0.3 is 0 Å². The molecule has 2 rings (SSSR count). The Kier molecular flexibility index (Phi) is 2.81. The zero-order valence-electron chi connectivity index (χ0n) is 9.71. The summed E-state index contributed by atoms with van der Waals surface area (Å²) in [6.07, 6.45) is 4.07. The minimum atomic E-state index is -0.0213. The minimum absolute atomic E-state index is 0.0213. The fourth-order valence-electron chi connectivity index (χ4n) is 1.49. The smallest absolute Gasteiger partial charge is 0.251 e. The molecule has 1 aromatic rings. The molecule has 1 fully saturated rings. The van der Waals surface area contributed by atoms with Crippen molar-refractivity contribution in [2.45, 2.75) is 19.8 Å². The Morgan fingerprint density at radius 3 is 2.94 bits per heavy atom. The SMILES string of the molecule is CNc1cc(C(=O)NCC2(C)CC2)ccn1. The van der Waals surface area contributed by atoms with Crippen molar-refractivity contribution >= 4 is 11.7 Å². The van der Waals surface area contributed by atoms with Crippen molar-refractivity contribution in [1.82, 2.24) is 10.3 Å². The minimum Gasteiger partial charge on any atom is -0.373 e. The van der Waals surface area contributed by atoms with E-state index in [-0.39, 0.29) is 5.91 Å². The summed E-state index contributed by atoms with van der Waals surface area (Å²) in [6, 6.07) is 3.48. The molecule has 1 aliphatic rings. The van der Waals surface area contributed by atoms with E-state index in [0.29, 0.717) is 16.8 Å². The van der Waals surface area contributed by atoms with Gasteiger partial charge in [-0.25, -0.2) is 4.98 Å². The van der Waals surface area contributed by atoms with Gasteiger partial charge in [0.1, 0.15) is 5.82 Å². The summed E-state index contributed by atoms with van der Waals surface area (Å²) in [5.41, 5.74) is 0.998. The van der Waals surface area contributed by atoms with Gasteiger partial charge in [-0.15, -0.1) is 0 Å². The van der Waals surface area contributed by atoms with Crippen molar-refractivity contribution in [3.8, 4) is 0 Å². The predicted octanol–water partition coefficient (Wildman–Crippen LogP) is 1.65. The van der Waals surface area contributed by atoms with Crippen LogP contribution in [0.1, 0.15) is 30.1 Å². The number of anilines is 1. The normalized spacial score (nSPS) is 16.6. The Morgan fingerprint density at radius 2 is 2.31 bits per heavy atom. The molecule has 1 amide bonds. The molecule has 0 atom stereocenters. The van der Waals surface area contributed by atoms with Gasteiger partial charge in [-0.1, -0.05) is 6.92 Å². The lowest BCUT2D eigenvalue weighted by Gasteiger charge is -2.10. The zero-order chi connectivity index (χ0) is 11.6. The number of nitrogens with one attached hydrogen (secondary N) is 2. The van der Waals surface area contributed by atoms with Gasteiger partial charge in [-0.2, -0.15) is 0 Å². The molecule has 86 valence electrons. The van der Waals surface area contributed by atoms with E-state index in [1.54, 1.807) is 25.4 Å². The Bertz CT molecular complexity index is 399. The van der Waals surface area contributed by atoms with Crippen molar-refractivity contribution in [2.75, 3.05) is 18.9 Å². The van der Waals surface area contributed by atoms with Gasteiger partial charge in [0.2, 0.25) is 0 Å². The van der Waals surface area contributed by atoms with Crippen LogP contribution in [0, 0.1) is 5.41 Å². The van der Waals surface area contributed by atoms with Gasteiger partial charge in [-0.05, 0) is 30.4 Å². The maximum absolute atomic E-state index is 11.8. The summed E-state index contributed by atoms with van der Waals surface area (Å²) < 4.78 is 0. The number of carbonyl (C=O) groups is 1. The first-order valence-corrected chi connectivity index (χ1v) is 5.55. The molecule has 1 aromatic heterocycles. The summed E-state index contributed by atoms with van der Waals surface area (Å²) in [5, 5.41) is 5.87. The fraction of sp³-hybridized carbons (Fsp3) is 0.500. The third-order valence-electron chi connectivity index (χ3n) is 3.06. The van der Waals surface area contributed by atoms with E-state index in [0.717, 1.165) is 6.54 Å². The van der Waals surface area contributed by atoms with E-state index in [1.165, 1.54) is 12.8 Å². The molecule has 0 aromatic carbocycles. The highest BCUT2D eigenvalue weighted by atomic mass is 16.1. The van der Waals surface area contributed by atoms with E-state index in [9.17, 15) is 4.79 Å². The number of carbonyl (C=O) groups excluding carboxylic acids is 1. The fourth-order valence-corrected chi connectivity index (χ4v) is 1.49. The lowest BCUT2D eigenvalue weighted by molar-refractivity contribution is 0.0946. The number of rotatable bonds is 4. The molecule has 16 heavy (non-hydrogen) atoms. The van der Waals surface area contributed by atoms with Gasteiger partial charge in [0.05, 0.1) is 0 Å². The van der Waals surface area contributed by atoms with Gasteiger partial charge in [0.25, 0.3) is 5.91 Å². The number of nitrogens with zero attached hydrogens (tertiary/aromatic N) is 1. The highest BCUT2D eigenvalue weighted by Gasteiger charge is 2.37. The van der Waals surface area contributed by atoms with Gasteiger partial charge in [-0.3, -0.25) is 4.79 Å². The second-order valence-electron chi connectivity index (χ2n) is 4.67. The second-order valence-corrected chi connectivity index (χ2v) is 4.67. The monoisotopic (exact) mass is 219 g/mol. The number of hydrogen-bond acceptors (Lipinski definition) is 3. The second kappa shape index (κ2) is 4.12. The van der Waals surface area contributed by atoms with Crippen LogP contribution in [0.15, 0.2) is 18.3 Å². The van der Waals surface area contributed by atoms with E-state index in [1.807, 2.05) is 0 Å². The maximum Gasteiger partial charge on any atom is 0.251 e. The number of pyridine rings is 1. The van der Waals surface area contributed by atoms with Gasteiger partial charge in [0, 0.05) is 25.4 Å². The summed E-state index contributed by atoms with van der Waals surface area (Å²) >= 11 is 0. The highest BCUT2D eigenvalue weighted by molar-refractivity contribution is 5.94. The predicted molar refractivity (Wildman–Crippen MR) is 63.5 cm³/mol. The number of amides is 1. The van der Waals surface area contributed by atoms with Crippen LogP contribution in [-0.4, -0.2) is 24.5 Å². The molecule has 0 aliphatic heterocycles. The van der Waals surface area contributed by atoms with Crippen molar-refractivity contribution in [2.24, 2.45) is 5.41 Å². The Labute approximate surface area is 95.5 Å². The Morgan fingerprint density at radius 1 is 1.56 bits per heavy atom. The molecule has 2 N–H and O–H groups in total. The average Bonchev–Trinajstić information content (AvgIpc) is 3.05. The third kappa shape index (κ3) is 2.51. The molecule has 0 radical (unpaired) electrons. The Balaban J connectivity index is 1.97. The molecule has 4 heteroatoms. The molecule has 0 bridgehead atoms. The molecule has 0 unspecified atom stereocenters. The van der Waals surface area contributed by atoms with Crippen LogP contribution in [-0.2, 0) is 0 Å². The maximum atomic E-state index is 11.8. The lowest BCUT2D eigenvalue weighted by Crippen LogP contribution is -2.29. The van der Waals surface area contributed by atoms with Crippen LogP contribution in [0.4, 0.5) is 5.82 Å². The van der Waals surface area contributed by atoms with E-state index < -0.39 is 0 Å². The van der Waals surface area contributed by atoms with E-state index >= 15 is 0 Å². The number of aromatic nitrogens is 1. The van der Waals surface area contributed by atoms with Crippen LogP contribution in [0.25, 0.3) is 0 Å². The topological polar surface area (TPSA) is 54.0 Å². The van der Waals surface area contributed by atoms with Crippen molar-refractivity contribution in [3.63, 3.8) is 0 Å². The molecular formula is C12H17N3O. The average molecular weight is 219 g/mol. The molecule has 1 aliphatic carbocycles. The van der Waals surface area contributed by atoms with Crippen molar-refractivity contribution in [1.29, 1.82) is 0 Å². The molecule has 0 spiro atoms. The van der Waals surface area contributed by atoms with E-state index in [2.05, 4.69) is 22.5 Å². The van der Waals surface area contributed by atoms with Crippen molar-refractivity contribution < 1.29 is 4.79 Å². The summed E-state index contributed by atoms with van der Waals surface area (Å²) in [4.78, 5) is 15.9.